The first kappa shape index (κ1) is 21.8. The number of carboxylic acids is 1. The average molecular weight is 461 g/mol. The number of carbonyl (C=O) groups is 2. The molecule has 1 fully saturated rings. The quantitative estimate of drug-likeness (QED) is 0.504. The number of hydrogen-bond acceptors (Lipinski definition) is 5. The molecule has 3 rings (SSSR count). The van der Waals surface area contributed by atoms with E-state index in [-0.39, 0.29) is 33.9 Å². The van der Waals surface area contributed by atoms with Gasteiger partial charge in [-0.15, -0.1) is 6.42 Å². The maximum absolute atomic E-state index is 12.6. The van der Waals surface area contributed by atoms with E-state index in [0.29, 0.717) is 21.3 Å². The molecule has 6 nitrogen and oxygen atoms in total. The topological polar surface area (TPSA) is 79.2 Å². The van der Waals surface area contributed by atoms with Gasteiger partial charge in [-0.3, -0.25) is 9.69 Å². The molecule has 1 heterocycles. The minimum Gasteiger partial charge on any atom is -0.478 e. The number of benzene rings is 2. The Balaban J connectivity index is 1.89. The highest BCUT2D eigenvalue weighted by molar-refractivity contribution is 8.18. The highest BCUT2D eigenvalue weighted by Gasteiger charge is 2.30. The lowest BCUT2D eigenvalue weighted by Crippen LogP contribution is -2.23. The van der Waals surface area contributed by atoms with Crippen molar-refractivity contribution >= 4 is 63.8 Å². The number of aromatic carboxylic acids is 1. The normalized spacial score (nSPS) is 16.2. The van der Waals surface area contributed by atoms with Crippen LogP contribution in [0.2, 0.25) is 10.0 Å². The molecule has 0 spiro atoms. The second-order valence-corrected chi connectivity index (χ2v) is 7.85. The summed E-state index contributed by atoms with van der Waals surface area (Å²) in [6, 6.07) is 9.39. The zero-order chi connectivity index (χ0) is 21.8. The molecule has 0 radical (unpaired) electrons. The first-order valence-electron chi connectivity index (χ1n) is 8.45. The van der Waals surface area contributed by atoms with Crippen molar-refractivity contribution in [2.75, 3.05) is 13.7 Å². The van der Waals surface area contributed by atoms with E-state index in [0.717, 1.165) is 11.8 Å². The summed E-state index contributed by atoms with van der Waals surface area (Å²) in [6.07, 6.45) is 6.82. The lowest BCUT2D eigenvalue weighted by atomic mass is 10.2. The number of rotatable bonds is 5. The number of halogens is 2. The predicted octanol–water partition coefficient (Wildman–Crippen LogP) is 4.94. The molecule has 0 atom stereocenters. The van der Waals surface area contributed by atoms with Crippen LogP contribution in [0.3, 0.4) is 0 Å². The fraction of sp³-hybridized carbons (Fsp3) is 0.0952. The van der Waals surface area contributed by atoms with Crippen LogP contribution in [0, 0.1) is 12.3 Å². The number of carbonyl (C=O) groups excluding carboxylic acids is 1. The van der Waals surface area contributed by atoms with Crippen LogP contribution < -0.4 is 4.74 Å². The van der Waals surface area contributed by atoms with Gasteiger partial charge in [0.05, 0.1) is 26.2 Å². The monoisotopic (exact) mass is 460 g/mol. The summed E-state index contributed by atoms with van der Waals surface area (Å²) >= 11 is 13.6. The summed E-state index contributed by atoms with van der Waals surface area (Å²) in [4.78, 5) is 29.9. The van der Waals surface area contributed by atoms with E-state index in [4.69, 9.17) is 39.5 Å². The number of hydrogen-bond donors (Lipinski definition) is 1. The Morgan fingerprint density at radius 3 is 2.67 bits per heavy atom. The SMILES string of the molecule is C#CCOc1c(Cl)cc(C=C2SC(=Nc3cccc(C(=O)O)c3)N(C)C2=O)cc1Cl. The van der Waals surface area contributed by atoms with Crippen molar-refractivity contribution in [1.29, 1.82) is 0 Å². The van der Waals surface area contributed by atoms with E-state index in [1.807, 2.05) is 0 Å². The molecule has 2 aromatic carbocycles. The molecule has 2 aromatic rings. The second-order valence-electron chi connectivity index (χ2n) is 6.03. The molecule has 9 heteroatoms. The zero-order valence-electron chi connectivity index (χ0n) is 15.6. The molecule has 152 valence electrons. The lowest BCUT2D eigenvalue weighted by Gasteiger charge is -2.08. The Morgan fingerprint density at radius 1 is 1.33 bits per heavy atom. The van der Waals surface area contributed by atoms with Gasteiger partial charge in [0.25, 0.3) is 5.91 Å². The van der Waals surface area contributed by atoms with Crippen molar-refractivity contribution in [3.8, 4) is 18.1 Å². The summed E-state index contributed by atoms with van der Waals surface area (Å²) in [5.74, 6) is 1.31. The molecule has 30 heavy (non-hydrogen) atoms. The van der Waals surface area contributed by atoms with Gasteiger partial charge >= 0.3 is 5.97 Å². The van der Waals surface area contributed by atoms with Crippen molar-refractivity contribution in [3.63, 3.8) is 0 Å². The van der Waals surface area contributed by atoms with Crippen LogP contribution in [0.15, 0.2) is 46.3 Å². The third-order valence-electron chi connectivity index (χ3n) is 3.94. The standard InChI is InChI=1S/C21H14Cl2N2O4S/c1-3-7-29-18-15(22)8-12(9-16(18)23)10-17-19(26)25(2)21(30-17)24-14-6-4-5-13(11-14)20(27)28/h1,4-6,8-11H,7H2,2H3,(H,27,28). The van der Waals surface area contributed by atoms with Crippen molar-refractivity contribution in [2.45, 2.75) is 0 Å². The van der Waals surface area contributed by atoms with Gasteiger partial charge in [-0.05, 0) is 53.7 Å². The maximum atomic E-state index is 12.6. The number of ether oxygens (including phenoxy) is 1. The van der Waals surface area contributed by atoms with Crippen LogP contribution in [-0.2, 0) is 4.79 Å². The fourth-order valence-corrected chi connectivity index (χ4v) is 4.14. The van der Waals surface area contributed by atoms with Gasteiger partial charge in [-0.2, -0.15) is 0 Å². The number of aliphatic imine (C=N–C) groups is 1. The minimum absolute atomic E-state index is 0.0297. The first-order chi connectivity index (χ1) is 14.3. The van der Waals surface area contributed by atoms with E-state index in [2.05, 4.69) is 10.9 Å². The lowest BCUT2D eigenvalue weighted by molar-refractivity contribution is -0.121. The highest BCUT2D eigenvalue weighted by Crippen LogP contribution is 2.37. The number of terminal acetylenes is 1. The number of nitrogens with zero attached hydrogens (tertiary/aromatic N) is 2. The van der Waals surface area contributed by atoms with Crippen LogP contribution >= 0.6 is 35.0 Å². The average Bonchev–Trinajstić information content (AvgIpc) is 2.95. The van der Waals surface area contributed by atoms with Gasteiger partial charge < -0.3 is 9.84 Å². The van der Waals surface area contributed by atoms with E-state index in [9.17, 15) is 9.59 Å². The summed E-state index contributed by atoms with van der Waals surface area (Å²) in [5, 5.41) is 10.1. The molecule has 1 N–H and O–H groups in total. The van der Waals surface area contributed by atoms with Crippen LogP contribution in [0.5, 0.6) is 5.75 Å². The van der Waals surface area contributed by atoms with E-state index < -0.39 is 5.97 Å². The molecule has 1 aliphatic rings. The van der Waals surface area contributed by atoms with Gasteiger partial charge in [0.1, 0.15) is 6.61 Å². The number of likely N-dealkylation sites (N-methyl/N-ethyl adjacent to an activating group) is 1. The Labute approximate surface area is 187 Å². The van der Waals surface area contributed by atoms with E-state index >= 15 is 0 Å². The maximum Gasteiger partial charge on any atom is 0.335 e. The fourth-order valence-electron chi connectivity index (χ4n) is 2.54. The van der Waals surface area contributed by atoms with Crippen molar-refractivity contribution < 1.29 is 19.4 Å². The predicted molar refractivity (Wildman–Crippen MR) is 120 cm³/mol. The Kier molecular flexibility index (Phi) is 6.73. The second kappa shape index (κ2) is 9.26. The van der Waals surface area contributed by atoms with Crippen LogP contribution in [0.4, 0.5) is 5.69 Å². The van der Waals surface area contributed by atoms with Crippen LogP contribution in [0.25, 0.3) is 6.08 Å². The minimum atomic E-state index is -1.05. The van der Waals surface area contributed by atoms with Crippen molar-refractivity contribution in [3.05, 3.63) is 62.5 Å². The van der Waals surface area contributed by atoms with Gasteiger partial charge in [-0.25, -0.2) is 9.79 Å². The number of carboxylic acid groups (broad SMARTS) is 1. The molecule has 0 unspecified atom stereocenters. The molecule has 0 aromatic heterocycles. The van der Waals surface area contributed by atoms with Crippen LogP contribution in [0.1, 0.15) is 15.9 Å². The Bertz CT molecular complexity index is 1120. The molecule has 1 saturated heterocycles. The molecule has 0 saturated carbocycles. The Hall–Kier alpha value is -2.92. The molecule has 0 aliphatic carbocycles. The summed E-state index contributed by atoms with van der Waals surface area (Å²) in [6.45, 7) is 0.0297. The summed E-state index contributed by atoms with van der Waals surface area (Å²) < 4.78 is 5.33. The van der Waals surface area contributed by atoms with Gasteiger partial charge in [-0.1, -0.05) is 35.2 Å². The van der Waals surface area contributed by atoms with Crippen molar-refractivity contribution in [2.24, 2.45) is 4.99 Å². The molecule has 1 amide bonds. The zero-order valence-corrected chi connectivity index (χ0v) is 17.9. The number of thioether (sulfide) groups is 1. The molecule has 1 aliphatic heterocycles. The number of amides is 1. The van der Waals surface area contributed by atoms with Crippen LogP contribution in [-0.4, -0.2) is 40.7 Å². The van der Waals surface area contributed by atoms with Crippen molar-refractivity contribution in [1.82, 2.24) is 4.90 Å². The Morgan fingerprint density at radius 2 is 2.03 bits per heavy atom. The third kappa shape index (κ3) is 4.79. The molecular formula is C21H14Cl2N2O4S. The van der Waals surface area contributed by atoms with Gasteiger partial charge in [0.2, 0.25) is 0 Å². The largest absolute Gasteiger partial charge is 0.478 e. The molecule has 0 bridgehead atoms. The summed E-state index contributed by atoms with van der Waals surface area (Å²) in [7, 11) is 1.59. The first-order valence-corrected chi connectivity index (χ1v) is 10.0. The third-order valence-corrected chi connectivity index (χ3v) is 5.56. The van der Waals surface area contributed by atoms with E-state index in [1.165, 1.54) is 17.0 Å². The van der Waals surface area contributed by atoms with Gasteiger partial charge in [0, 0.05) is 7.05 Å². The number of amidine groups is 1. The smallest absolute Gasteiger partial charge is 0.335 e. The highest BCUT2D eigenvalue weighted by atomic mass is 35.5. The van der Waals surface area contributed by atoms with E-state index in [1.54, 1.807) is 37.4 Å². The van der Waals surface area contributed by atoms with Gasteiger partial charge in [0.15, 0.2) is 10.9 Å². The summed E-state index contributed by atoms with van der Waals surface area (Å²) in [5.41, 5.74) is 1.15. The molecular weight excluding hydrogens is 447 g/mol.